The highest BCUT2D eigenvalue weighted by Crippen LogP contribution is 2.31. The van der Waals surface area contributed by atoms with Gasteiger partial charge in [-0.15, -0.1) is 0 Å². The Hall–Kier alpha value is -6.48. The van der Waals surface area contributed by atoms with Crippen LogP contribution in [0.5, 0.6) is 11.5 Å². The van der Waals surface area contributed by atoms with Gasteiger partial charge in [0.15, 0.2) is 0 Å². The largest absolute Gasteiger partial charge is 0.491 e. The van der Waals surface area contributed by atoms with Crippen LogP contribution in [0.4, 0.5) is 0 Å². The first-order valence-electron chi connectivity index (χ1n) is 17.7. The third kappa shape index (κ3) is 7.25. The number of fused-ring (bicyclic) bond motifs is 5. The Labute approximate surface area is 310 Å². The molecule has 0 bridgehead atoms. The van der Waals surface area contributed by atoms with Crippen LogP contribution >= 0.6 is 0 Å². The summed E-state index contributed by atoms with van der Waals surface area (Å²) in [5.74, 6) is 0.0681. The van der Waals surface area contributed by atoms with E-state index >= 15 is 0 Å². The molecule has 0 radical (unpaired) electrons. The maximum absolute atomic E-state index is 13.3. The van der Waals surface area contributed by atoms with Gasteiger partial charge in [-0.2, -0.15) is 0 Å². The van der Waals surface area contributed by atoms with Gasteiger partial charge in [0.1, 0.15) is 50.1 Å². The molecule has 0 saturated heterocycles. The molecule has 268 valence electrons. The summed E-state index contributed by atoms with van der Waals surface area (Å²) in [7, 11) is 0. The fourth-order valence-corrected chi connectivity index (χ4v) is 6.82. The Morgan fingerprint density at radius 2 is 0.741 bits per heavy atom. The lowest BCUT2D eigenvalue weighted by Crippen LogP contribution is -2.25. The average Bonchev–Trinajstić information content (AvgIpc) is 3.21. The van der Waals surface area contributed by atoms with E-state index in [4.69, 9.17) is 18.9 Å². The number of carbonyl (C=O) groups is 2. The monoisotopic (exact) mass is 716 g/mol. The van der Waals surface area contributed by atoms with Crippen LogP contribution in [0.15, 0.2) is 146 Å². The number of aliphatic hydroxyl groups is 2. The fraction of sp³-hybridized carbons (Fsp3) is 0.130. The highest BCUT2D eigenvalue weighted by molar-refractivity contribution is 6.17. The van der Waals surface area contributed by atoms with Gasteiger partial charge < -0.3 is 29.2 Å². The molecule has 8 rings (SSSR count). The zero-order valence-electron chi connectivity index (χ0n) is 29.2. The zero-order chi connectivity index (χ0) is 37.0. The van der Waals surface area contributed by atoms with E-state index in [1.165, 1.54) is 0 Å². The third-order valence-electron chi connectivity index (χ3n) is 9.43. The Bertz CT molecular complexity index is 2380. The van der Waals surface area contributed by atoms with Crippen molar-refractivity contribution in [2.75, 3.05) is 26.4 Å². The van der Waals surface area contributed by atoms with E-state index in [0.717, 1.165) is 53.9 Å². The van der Waals surface area contributed by atoms with Gasteiger partial charge in [-0.25, -0.2) is 9.59 Å². The molecule has 0 fully saturated rings. The normalized spacial score (nSPS) is 12.6. The minimum absolute atomic E-state index is 0.0740. The number of hydrogen-bond acceptors (Lipinski definition) is 8. The minimum atomic E-state index is -1.04. The summed E-state index contributed by atoms with van der Waals surface area (Å²) in [6, 6.07) is 45.7. The molecule has 0 aliphatic carbocycles. The minimum Gasteiger partial charge on any atom is -0.491 e. The molecule has 0 amide bonds. The number of aliphatic hydroxyl groups excluding tert-OH is 2. The summed E-state index contributed by atoms with van der Waals surface area (Å²) in [4.78, 5) is 26.6. The van der Waals surface area contributed by atoms with E-state index in [-0.39, 0.29) is 26.4 Å². The first kappa shape index (κ1) is 34.6. The second-order valence-corrected chi connectivity index (χ2v) is 13.2. The number of carbonyl (C=O) groups excluding carboxylic acids is 2. The molecule has 2 unspecified atom stereocenters. The van der Waals surface area contributed by atoms with Crippen LogP contribution in [0, 0.1) is 0 Å². The maximum atomic E-state index is 13.3. The van der Waals surface area contributed by atoms with Crippen LogP contribution in [-0.2, 0) is 9.47 Å². The summed E-state index contributed by atoms with van der Waals surface area (Å²) in [5, 5.41) is 29.9. The lowest BCUT2D eigenvalue weighted by Gasteiger charge is -2.16. The van der Waals surface area contributed by atoms with Crippen LogP contribution in [0.1, 0.15) is 20.7 Å². The number of ether oxygens (including phenoxy) is 4. The summed E-state index contributed by atoms with van der Waals surface area (Å²) >= 11 is 0. The summed E-state index contributed by atoms with van der Waals surface area (Å²) in [6.45, 7) is -0.601. The number of hydrogen-bond donors (Lipinski definition) is 2. The van der Waals surface area contributed by atoms with Crippen LogP contribution in [-0.4, -0.2) is 60.8 Å². The Kier molecular flexibility index (Phi) is 9.77. The summed E-state index contributed by atoms with van der Waals surface area (Å²) < 4.78 is 22.8. The van der Waals surface area contributed by atoms with Gasteiger partial charge in [-0.1, -0.05) is 109 Å². The van der Waals surface area contributed by atoms with Crippen molar-refractivity contribution in [1.29, 1.82) is 0 Å². The Morgan fingerprint density at radius 3 is 1.09 bits per heavy atom. The zero-order valence-corrected chi connectivity index (χ0v) is 29.2. The standard InChI is InChI=1S/C46H36O8/c47-35(27-53-45(49)43-39-13-5-1-9-31(39)21-32-10-2-6-14-40(32)43)25-51-37-19-17-30-24-38(20-18-29(30)23-37)52-26-36(48)28-54-46(50)44-41-15-7-3-11-33(41)22-34-12-4-8-16-42(34)44/h1-24,35-36,47-48H,25-28H2. The lowest BCUT2D eigenvalue weighted by molar-refractivity contribution is 0.0130. The average molecular weight is 717 g/mol. The Balaban J connectivity index is 0.839. The number of benzene rings is 8. The molecule has 0 heterocycles. The smallest absolute Gasteiger partial charge is 0.339 e. The molecule has 0 aromatic heterocycles. The topological polar surface area (TPSA) is 112 Å². The van der Waals surface area contributed by atoms with E-state index in [1.54, 1.807) is 12.1 Å². The SMILES string of the molecule is O=C(OCC(O)COc1ccc2cc(OCC(O)COC(=O)c3c4ccccc4cc4ccccc34)ccc2c1)c1c2ccccc2cc2ccccc12. The van der Waals surface area contributed by atoms with Gasteiger partial charge in [-0.05, 0) is 90.3 Å². The predicted octanol–water partition coefficient (Wildman–Crippen LogP) is 8.65. The van der Waals surface area contributed by atoms with Crippen LogP contribution in [0.2, 0.25) is 0 Å². The third-order valence-corrected chi connectivity index (χ3v) is 9.43. The molecule has 2 N–H and O–H groups in total. The molecule has 8 nitrogen and oxygen atoms in total. The van der Waals surface area contributed by atoms with E-state index in [2.05, 4.69) is 0 Å². The molecule has 2 atom stereocenters. The molecule has 54 heavy (non-hydrogen) atoms. The number of rotatable bonds is 12. The van der Waals surface area contributed by atoms with Crippen molar-refractivity contribution in [3.05, 3.63) is 157 Å². The molecule has 0 aliphatic rings. The Morgan fingerprint density at radius 1 is 0.407 bits per heavy atom. The molecule has 8 heteroatoms. The van der Waals surface area contributed by atoms with Gasteiger partial charge in [0, 0.05) is 0 Å². The van der Waals surface area contributed by atoms with E-state index in [1.807, 2.05) is 133 Å². The summed E-state index contributed by atoms with van der Waals surface area (Å²) in [6.07, 6.45) is -2.09. The van der Waals surface area contributed by atoms with E-state index in [9.17, 15) is 19.8 Å². The van der Waals surface area contributed by atoms with Crippen molar-refractivity contribution in [1.82, 2.24) is 0 Å². The quantitative estimate of drug-likeness (QED) is 0.0955. The van der Waals surface area contributed by atoms with Crippen LogP contribution < -0.4 is 9.47 Å². The molecule has 0 aliphatic heterocycles. The molecular weight excluding hydrogens is 680 g/mol. The molecule has 0 spiro atoms. The maximum Gasteiger partial charge on any atom is 0.339 e. The van der Waals surface area contributed by atoms with E-state index in [0.29, 0.717) is 22.6 Å². The highest BCUT2D eigenvalue weighted by atomic mass is 16.6. The predicted molar refractivity (Wildman–Crippen MR) is 210 cm³/mol. The van der Waals surface area contributed by atoms with Gasteiger partial charge in [0.2, 0.25) is 0 Å². The highest BCUT2D eigenvalue weighted by Gasteiger charge is 2.20. The van der Waals surface area contributed by atoms with E-state index < -0.39 is 24.1 Å². The second kappa shape index (κ2) is 15.2. The molecule has 8 aromatic rings. The summed E-state index contributed by atoms with van der Waals surface area (Å²) in [5.41, 5.74) is 0.941. The van der Waals surface area contributed by atoms with Gasteiger partial charge in [-0.3, -0.25) is 0 Å². The molecule has 0 saturated carbocycles. The van der Waals surface area contributed by atoms with Gasteiger partial charge in [0.25, 0.3) is 0 Å². The van der Waals surface area contributed by atoms with Crippen molar-refractivity contribution in [3.63, 3.8) is 0 Å². The lowest BCUT2D eigenvalue weighted by atomic mass is 9.97. The van der Waals surface area contributed by atoms with Crippen molar-refractivity contribution in [2.24, 2.45) is 0 Å². The first-order valence-corrected chi connectivity index (χ1v) is 17.7. The van der Waals surface area contributed by atoms with Gasteiger partial charge >= 0.3 is 11.9 Å². The van der Waals surface area contributed by atoms with Crippen molar-refractivity contribution in [2.45, 2.75) is 12.2 Å². The molecule has 8 aromatic carbocycles. The van der Waals surface area contributed by atoms with Crippen molar-refractivity contribution >= 4 is 65.8 Å². The van der Waals surface area contributed by atoms with Gasteiger partial charge in [0.05, 0.1) is 11.1 Å². The number of esters is 2. The fourth-order valence-electron chi connectivity index (χ4n) is 6.82. The van der Waals surface area contributed by atoms with Crippen LogP contribution in [0.3, 0.4) is 0 Å². The first-order chi connectivity index (χ1) is 26.4. The second-order valence-electron chi connectivity index (χ2n) is 13.2. The van der Waals surface area contributed by atoms with Crippen molar-refractivity contribution < 1.29 is 38.7 Å². The van der Waals surface area contributed by atoms with Crippen molar-refractivity contribution in [3.8, 4) is 11.5 Å². The molecular formula is C46H36O8. The van der Waals surface area contributed by atoms with Crippen LogP contribution in [0.25, 0.3) is 53.9 Å².